The predicted octanol–water partition coefficient (Wildman–Crippen LogP) is 3.01. The van der Waals surface area contributed by atoms with Gasteiger partial charge >= 0.3 is 5.97 Å². The van der Waals surface area contributed by atoms with E-state index in [1.165, 1.54) is 0 Å². The monoisotopic (exact) mass is 309 g/mol. The minimum Gasteiger partial charge on any atom is -0.481 e. The maximum Gasteiger partial charge on any atom is 0.308 e. The number of carboxylic acids is 1. The van der Waals surface area contributed by atoms with Gasteiger partial charge in [0.15, 0.2) is 0 Å². The van der Waals surface area contributed by atoms with E-state index in [4.69, 9.17) is 16.7 Å². The number of aliphatic carboxylic acids is 1. The second-order valence-electron chi connectivity index (χ2n) is 5.88. The highest BCUT2D eigenvalue weighted by atomic mass is 35.5. The van der Waals surface area contributed by atoms with Crippen LogP contribution in [0.5, 0.6) is 0 Å². The van der Waals surface area contributed by atoms with Crippen molar-refractivity contribution in [1.82, 2.24) is 4.90 Å². The molecule has 0 radical (unpaired) electrons. The summed E-state index contributed by atoms with van der Waals surface area (Å²) in [6.07, 6.45) is 0.534. The van der Waals surface area contributed by atoms with Gasteiger partial charge in [0.2, 0.25) is 5.91 Å². The van der Waals surface area contributed by atoms with Crippen molar-refractivity contribution in [3.63, 3.8) is 0 Å². The van der Waals surface area contributed by atoms with Crippen molar-refractivity contribution in [3.8, 4) is 0 Å². The molecule has 1 fully saturated rings. The van der Waals surface area contributed by atoms with E-state index in [2.05, 4.69) is 0 Å². The maximum atomic E-state index is 12.7. The zero-order valence-corrected chi connectivity index (χ0v) is 13.0. The topological polar surface area (TPSA) is 57.6 Å². The Morgan fingerprint density at radius 2 is 1.90 bits per heavy atom. The maximum absolute atomic E-state index is 12.7. The lowest BCUT2D eigenvalue weighted by molar-refractivity contribution is -0.141. The molecular formula is C16H20ClNO3. The average Bonchev–Trinajstić information content (AvgIpc) is 2.90. The Labute approximate surface area is 129 Å². The lowest BCUT2D eigenvalue weighted by atomic mass is 9.87. The molecule has 4 nitrogen and oxygen atoms in total. The number of nitrogens with zero attached hydrogens (tertiary/aromatic N) is 1. The molecule has 1 aromatic carbocycles. The van der Waals surface area contributed by atoms with Crippen LogP contribution >= 0.6 is 11.6 Å². The summed E-state index contributed by atoms with van der Waals surface area (Å²) in [6, 6.07) is 7.30. The standard InChI is InChI=1S/C16H20ClNO3/c1-10(2)14(11-3-5-13(17)6-4-11)15(19)18-8-7-12(9-18)16(20)21/h3-6,10,12,14H,7-9H2,1-2H3,(H,20,21). The summed E-state index contributed by atoms with van der Waals surface area (Å²) in [5.74, 6) is -1.36. The van der Waals surface area contributed by atoms with Gasteiger partial charge in [0.25, 0.3) is 0 Å². The smallest absolute Gasteiger partial charge is 0.308 e. The van der Waals surface area contributed by atoms with Gasteiger partial charge in [0.05, 0.1) is 11.8 Å². The first-order valence-corrected chi connectivity index (χ1v) is 7.55. The highest BCUT2D eigenvalue weighted by molar-refractivity contribution is 6.30. The number of hydrogen-bond donors (Lipinski definition) is 1. The summed E-state index contributed by atoms with van der Waals surface area (Å²) in [5, 5.41) is 9.70. The molecule has 0 spiro atoms. The molecule has 1 aliphatic rings. The molecule has 0 saturated carbocycles. The lowest BCUT2D eigenvalue weighted by Gasteiger charge is -2.26. The van der Waals surface area contributed by atoms with Crippen LogP contribution in [0, 0.1) is 11.8 Å². The van der Waals surface area contributed by atoms with Gasteiger partial charge in [-0.3, -0.25) is 9.59 Å². The average molecular weight is 310 g/mol. The van der Waals surface area contributed by atoms with Crippen LogP contribution in [-0.2, 0) is 9.59 Å². The minimum absolute atomic E-state index is 0.0103. The van der Waals surface area contributed by atoms with Gasteiger partial charge in [0, 0.05) is 18.1 Å². The number of carbonyl (C=O) groups is 2. The van der Waals surface area contributed by atoms with Crippen molar-refractivity contribution >= 4 is 23.5 Å². The zero-order valence-electron chi connectivity index (χ0n) is 12.3. The SMILES string of the molecule is CC(C)C(C(=O)N1CCC(C(=O)O)C1)c1ccc(Cl)cc1. The normalized spacial score (nSPS) is 19.8. The summed E-state index contributed by atoms with van der Waals surface area (Å²) in [6.45, 7) is 4.83. The number of rotatable bonds is 4. The molecule has 114 valence electrons. The molecule has 2 atom stereocenters. The molecule has 5 heteroatoms. The van der Waals surface area contributed by atoms with Gasteiger partial charge < -0.3 is 10.0 Å². The Balaban J connectivity index is 2.17. The number of carboxylic acid groups (broad SMARTS) is 1. The zero-order chi connectivity index (χ0) is 15.6. The van der Waals surface area contributed by atoms with Crippen LogP contribution in [0.2, 0.25) is 5.02 Å². The third-order valence-corrected chi connectivity index (χ3v) is 4.26. The van der Waals surface area contributed by atoms with Crippen LogP contribution in [-0.4, -0.2) is 35.0 Å². The van der Waals surface area contributed by atoms with Gasteiger partial charge in [-0.05, 0) is 30.0 Å². The van der Waals surface area contributed by atoms with Gasteiger partial charge in [-0.15, -0.1) is 0 Å². The molecule has 1 N–H and O–H groups in total. The number of carbonyl (C=O) groups excluding carboxylic acids is 1. The Hall–Kier alpha value is -1.55. The van der Waals surface area contributed by atoms with Crippen LogP contribution in [0.25, 0.3) is 0 Å². The first kappa shape index (κ1) is 15.8. The van der Waals surface area contributed by atoms with Crippen LogP contribution < -0.4 is 0 Å². The predicted molar refractivity (Wildman–Crippen MR) is 81.4 cm³/mol. The Morgan fingerprint density at radius 1 is 1.29 bits per heavy atom. The van der Waals surface area contributed by atoms with Gasteiger partial charge in [-0.25, -0.2) is 0 Å². The molecule has 0 aliphatic carbocycles. The fourth-order valence-electron chi connectivity index (χ4n) is 2.84. The summed E-state index contributed by atoms with van der Waals surface area (Å²) >= 11 is 5.90. The molecule has 1 aliphatic heterocycles. The quantitative estimate of drug-likeness (QED) is 0.930. The molecule has 1 amide bonds. The Morgan fingerprint density at radius 3 is 2.38 bits per heavy atom. The van der Waals surface area contributed by atoms with E-state index in [9.17, 15) is 9.59 Å². The molecule has 0 aromatic heterocycles. The molecule has 21 heavy (non-hydrogen) atoms. The van der Waals surface area contributed by atoms with E-state index >= 15 is 0 Å². The highest BCUT2D eigenvalue weighted by Gasteiger charge is 2.35. The third kappa shape index (κ3) is 3.56. The van der Waals surface area contributed by atoms with Gasteiger partial charge in [-0.2, -0.15) is 0 Å². The molecule has 0 bridgehead atoms. The van der Waals surface area contributed by atoms with E-state index in [0.29, 0.717) is 24.5 Å². The summed E-state index contributed by atoms with van der Waals surface area (Å²) in [5.41, 5.74) is 0.929. The summed E-state index contributed by atoms with van der Waals surface area (Å²) in [7, 11) is 0. The van der Waals surface area contributed by atoms with Crippen LogP contribution in [0.4, 0.5) is 0 Å². The third-order valence-electron chi connectivity index (χ3n) is 4.01. The van der Waals surface area contributed by atoms with Crippen molar-refractivity contribution in [2.75, 3.05) is 13.1 Å². The first-order chi connectivity index (χ1) is 9.90. The number of likely N-dealkylation sites (tertiary alicyclic amines) is 1. The van der Waals surface area contributed by atoms with Crippen LogP contribution in [0.3, 0.4) is 0 Å². The van der Waals surface area contributed by atoms with Crippen molar-refractivity contribution in [2.24, 2.45) is 11.8 Å². The van der Waals surface area contributed by atoms with Crippen molar-refractivity contribution < 1.29 is 14.7 Å². The van der Waals surface area contributed by atoms with Crippen molar-refractivity contribution in [1.29, 1.82) is 0 Å². The van der Waals surface area contributed by atoms with E-state index in [-0.39, 0.29) is 17.7 Å². The van der Waals surface area contributed by atoms with E-state index < -0.39 is 11.9 Å². The number of hydrogen-bond acceptors (Lipinski definition) is 2. The van der Waals surface area contributed by atoms with E-state index in [0.717, 1.165) is 5.56 Å². The van der Waals surface area contributed by atoms with Gasteiger partial charge in [-0.1, -0.05) is 37.6 Å². The minimum atomic E-state index is -0.821. The van der Waals surface area contributed by atoms with Crippen molar-refractivity contribution in [3.05, 3.63) is 34.9 Å². The van der Waals surface area contributed by atoms with Crippen LogP contribution in [0.1, 0.15) is 31.7 Å². The fraction of sp³-hybridized carbons (Fsp3) is 0.500. The second-order valence-corrected chi connectivity index (χ2v) is 6.32. The first-order valence-electron chi connectivity index (χ1n) is 7.17. The van der Waals surface area contributed by atoms with Crippen LogP contribution in [0.15, 0.2) is 24.3 Å². The number of halogens is 1. The molecule has 2 rings (SSSR count). The molecular weight excluding hydrogens is 290 g/mol. The molecule has 2 unspecified atom stereocenters. The Bertz CT molecular complexity index is 527. The van der Waals surface area contributed by atoms with E-state index in [1.807, 2.05) is 26.0 Å². The highest BCUT2D eigenvalue weighted by Crippen LogP contribution is 2.30. The fourth-order valence-corrected chi connectivity index (χ4v) is 2.97. The number of benzene rings is 1. The molecule has 1 saturated heterocycles. The largest absolute Gasteiger partial charge is 0.481 e. The lowest BCUT2D eigenvalue weighted by Crippen LogP contribution is -2.36. The van der Waals surface area contributed by atoms with Gasteiger partial charge in [0.1, 0.15) is 0 Å². The molecule has 1 heterocycles. The Kier molecular flexibility index (Phi) is 4.88. The summed E-state index contributed by atoms with van der Waals surface area (Å²) < 4.78 is 0. The van der Waals surface area contributed by atoms with Crippen molar-refractivity contribution in [2.45, 2.75) is 26.2 Å². The summed E-state index contributed by atoms with van der Waals surface area (Å²) in [4.78, 5) is 25.4. The molecule has 1 aromatic rings. The number of amides is 1. The van der Waals surface area contributed by atoms with E-state index in [1.54, 1.807) is 17.0 Å². The second kappa shape index (κ2) is 6.48.